The summed E-state index contributed by atoms with van der Waals surface area (Å²) in [5.74, 6) is 8.14. The van der Waals surface area contributed by atoms with Crippen LogP contribution in [0.1, 0.15) is 58.1 Å². The van der Waals surface area contributed by atoms with Crippen molar-refractivity contribution in [2.45, 2.75) is 46.5 Å². The van der Waals surface area contributed by atoms with Crippen molar-refractivity contribution in [1.82, 2.24) is 19.4 Å². The Morgan fingerprint density at radius 1 is 1.02 bits per heavy atom. The highest BCUT2D eigenvalue weighted by Crippen LogP contribution is 2.24. The maximum atomic E-state index is 12.4. The van der Waals surface area contributed by atoms with Gasteiger partial charge in [0.25, 0.3) is 0 Å². The number of fused-ring (bicyclic) bond motifs is 1. The normalized spacial score (nSPS) is 13.5. The minimum Gasteiger partial charge on any atom is -0.494 e. The van der Waals surface area contributed by atoms with Crippen molar-refractivity contribution in [3.05, 3.63) is 71.9 Å². The third-order valence-corrected chi connectivity index (χ3v) is 6.38. The summed E-state index contributed by atoms with van der Waals surface area (Å²) in [5.41, 5.74) is 2.63. The molecule has 0 atom stereocenters. The second kappa shape index (κ2) is 14.5. The standard InChI is InChI=1S/C30H34N6O4.C2H6/c1-30(2,3)26-19-27(34-40-26)33-29(37)32-24-9-12-28-31-23(20-36(28)21-24)8-5-22-6-10-25(11-7-22)39-16-4-13-35-14-17-38-18-15-35;1-2/h6-7,9-12,19-21H,4,13-18H2,1-3H3,(H2,32,33,34,37);1-2H3. The van der Waals surface area contributed by atoms with E-state index in [0.29, 0.717) is 29.6 Å². The summed E-state index contributed by atoms with van der Waals surface area (Å²) in [7, 11) is 0. The molecule has 1 saturated heterocycles. The molecule has 4 aromatic rings. The van der Waals surface area contributed by atoms with Gasteiger partial charge in [-0.15, -0.1) is 0 Å². The van der Waals surface area contributed by atoms with Gasteiger partial charge in [0.2, 0.25) is 0 Å². The molecular formula is C32H40N6O4. The zero-order valence-corrected chi connectivity index (χ0v) is 25.1. The first-order valence-electron chi connectivity index (χ1n) is 14.4. The van der Waals surface area contributed by atoms with E-state index in [0.717, 1.165) is 56.2 Å². The summed E-state index contributed by atoms with van der Waals surface area (Å²) in [6.07, 6.45) is 4.59. The van der Waals surface area contributed by atoms with Gasteiger partial charge < -0.3 is 23.7 Å². The lowest BCUT2D eigenvalue weighted by atomic mass is 9.93. The monoisotopic (exact) mass is 572 g/mol. The van der Waals surface area contributed by atoms with Crippen LogP contribution in [0, 0.1) is 11.8 Å². The fourth-order valence-electron chi connectivity index (χ4n) is 4.17. The van der Waals surface area contributed by atoms with Crippen LogP contribution in [-0.4, -0.2) is 64.9 Å². The van der Waals surface area contributed by atoms with E-state index < -0.39 is 6.03 Å². The van der Waals surface area contributed by atoms with E-state index in [9.17, 15) is 4.79 Å². The van der Waals surface area contributed by atoms with E-state index in [4.69, 9.17) is 14.0 Å². The number of hydrogen-bond donors (Lipinski definition) is 2. The Bertz CT molecular complexity index is 1500. The van der Waals surface area contributed by atoms with Crippen molar-refractivity contribution in [2.24, 2.45) is 0 Å². The maximum absolute atomic E-state index is 12.4. The lowest BCUT2D eigenvalue weighted by Crippen LogP contribution is -2.37. The SMILES string of the molecule is CC.CC(C)(C)c1cc(NC(=O)Nc2ccc3nc(C#Cc4ccc(OCCCN5CCOCC5)cc4)cn3c2)no1. The molecule has 3 aromatic heterocycles. The number of morpholine rings is 1. The minimum atomic E-state index is -0.419. The second-order valence-corrected chi connectivity index (χ2v) is 10.6. The number of carbonyl (C=O) groups excluding carboxylic acids is 1. The number of pyridine rings is 1. The molecule has 0 bridgehead atoms. The molecule has 0 unspecified atom stereocenters. The van der Waals surface area contributed by atoms with Crippen LogP contribution in [-0.2, 0) is 10.2 Å². The smallest absolute Gasteiger partial charge is 0.324 e. The molecule has 2 N–H and O–H groups in total. The van der Waals surface area contributed by atoms with Crippen molar-refractivity contribution in [2.75, 3.05) is 50.1 Å². The molecule has 1 aliphatic rings. The Kier molecular flexibility index (Phi) is 10.6. The van der Waals surface area contributed by atoms with Gasteiger partial charge in [0.1, 0.15) is 22.9 Å². The molecule has 222 valence electrons. The third kappa shape index (κ3) is 8.83. The summed E-state index contributed by atoms with van der Waals surface area (Å²) in [6, 6.07) is 12.7. The average Bonchev–Trinajstić information content (AvgIpc) is 3.63. The lowest BCUT2D eigenvalue weighted by molar-refractivity contribution is 0.0358. The number of rotatable bonds is 7. The zero-order valence-electron chi connectivity index (χ0n) is 25.1. The fraction of sp³-hybridized carbons (Fsp3) is 0.406. The van der Waals surface area contributed by atoms with E-state index in [-0.39, 0.29) is 5.41 Å². The molecule has 0 spiro atoms. The number of carbonyl (C=O) groups is 1. The van der Waals surface area contributed by atoms with Crippen LogP contribution in [0.4, 0.5) is 16.3 Å². The number of nitrogens with one attached hydrogen (secondary N) is 2. The number of nitrogens with zero attached hydrogens (tertiary/aromatic N) is 4. The Morgan fingerprint density at radius 2 is 1.79 bits per heavy atom. The van der Waals surface area contributed by atoms with Crippen molar-refractivity contribution < 1.29 is 18.8 Å². The van der Waals surface area contributed by atoms with E-state index in [1.165, 1.54) is 0 Å². The van der Waals surface area contributed by atoms with Crippen molar-refractivity contribution >= 4 is 23.2 Å². The van der Waals surface area contributed by atoms with E-state index >= 15 is 0 Å². The minimum absolute atomic E-state index is 0.197. The lowest BCUT2D eigenvalue weighted by Gasteiger charge is -2.26. The molecule has 2 amide bonds. The first-order valence-corrected chi connectivity index (χ1v) is 14.4. The molecule has 1 aliphatic heterocycles. The number of hydrogen-bond acceptors (Lipinski definition) is 7. The largest absolute Gasteiger partial charge is 0.494 e. The quantitative estimate of drug-likeness (QED) is 0.213. The van der Waals surface area contributed by atoms with Gasteiger partial charge in [-0.05, 0) is 48.7 Å². The Labute approximate surface area is 247 Å². The van der Waals surface area contributed by atoms with Crippen LogP contribution < -0.4 is 15.4 Å². The molecule has 1 aromatic carbocycles. The zero-order chi connectivity index (χ0) is 30.0. The topological polar surface area (TPSA) is 106 Å². The van der Waals surface area contributed by atoms with Crippen LogP contribution in [0.15, 0.2) is 59.4 Å². The van der Waals surface area contributed by atoms with E-state index in [1.54, 1.807) is 18.3 Å². The van der Waals surface area contributed by atoms with Gasteiger partial charge >= 0.3 is 6.03 Å². The summed E-state index contributed by atoms with van der Waals surface area (Å²) in [4.78, 5) is 19.4. The molecule has 1 fully saturated rings. The summed E-state index contributed by atoms with van der Waals surface area (Å²) < 4.78 is 18.4. The van der Waals surface area contributed by atoms with Gasteiger partial charge in [-0.2, -0.15) is 0 Å². The molecule has 42 heavy (non-hydrogen) atoms. The molecule has 0 aliphatic carbocycles. The van der Waals surface area contributed by atoms with E-state index in [1.807, 2.05) is 75.5 Å². The molecule has 10 nitrogen and oxygen atoms in total. The second-order valence-electron chi connectivity index (χ2n) is 10.6. The third-order valence-electron chi connectivity index (χ3n) is 6.38. The van der Waals surface area contributed by atoms with Crippen molar-refractivity contribution in [3.63, 3.8) is 0 Å². The number of urea groups is 1. The molecule has 10 heteroatoms. The molecule has 4 heterocycles. The van der Waals surface area contributed by atoms with Gasteiger partial charge in [0, 0.05) is 49.1 Å². The Hall–Kier alpha value is -4.33. The van der Waals surface area contributed by atoms with Crippen molar-refractivity contribution in [1.29, 1.82) is 0 Å². The summed E-state index contributed by atoms with van der Waals surface area (Å²) >= 11 is 0. The van der Waals surface area contributed by atoms with Crippen molar-refractivity contribution in [3.8, 4) is 17.6 Å². The van der Waals surface area contributed by atoms with Crippen LogP contribution in [0.2, 0.25) is 0 Å². The van der Waals surface area contributed by atoms with E-state index in [2.05, 4.69) is 37.5 Å². The highest BCUT2D eigenvalue weighted by atomic mass is 16.5. The highest BCUT2D eigenvalue weighted by molar-refractivity contribution is 5.99. The van der Waals surface area contributed by atoms with Gasteiger partial charge in [-0.25, -0.2) is 9.78 Å². The number of aromatic nitrogens is 3. The summed E-state index contributed by atoms with van der Waals surface area (Å²) in [5, 5.41) is 9.40. The number of anilines is 2. The number of amides is 2. The van der Waals surface area contributed by atoms with Crippen LogP contribution in [0.5, 0.6) is 5.75 Å². The maximum Gasteiger partial charge on any atom is 0.324 e. The Morgan fingerprint density at radius 3 is 2.50 bits per heavy atom. The number of ether oxygens (including phenoxy) is 2. The molecular weight excluding hydrogens is 532 g/mol. The van der Waals surface area contributed by atoms with Crippen LogP contribution >= 0.6 is 0 Å². The first kappa shape index (κ1) is 30.6. The molecule has 0 radical (unpaired) electrons. The highest BCUT2D eigenvalue weighted by Gasteiger charge is 2.20. The Balaban J connectivity index is 0.00000198. The number of benzene rings is 1. The molecule has 5 rings (SSSR count). The average molecular weight is 573 g/mol. The summed E-state index contributed by atoms with van der Waals surface area (Å²) in [6.45, 7) is 15.4. The number of imidazole rings is 1. The first-order chi connectivity index (χ1) is 20.3. The van der Waals surface area contributed by atoms with Crippen LogP contribution in [0.25, 0.3) is 5.65 Å². The van der Waals surface area contributed by atoms with Gasteiger partial charge in [-0.1, -0.05) is 45.7 Å². The van der Waals surface area contributed by atoms with Crippen LogP contribution in [0.3, 0.4) is 0 Å². The predicted molar refractivity (Wildman–Crippen MR) is 164 cm³/mol. The van der Waals surface area contributed by atoms with Gasteiger partial charge in [-0.3, -0.25) is 10.2 Å². The molecule has 0 saturated carbocycles. The van der Waals surface area contributed by atoms with Gasteiger partial charge in [0.05, 0.1) is 25.5 Å². The van der Waals surface area contributed by atoms with Gasteiger partial charge in [0.15, 0.2) is 5.82 Å². The fourth-order valence-corrected chi connectivity index (χ4v) is 4.17. The predicted octanol–water partition coefficient (Wildman–Crippen LogP) is 5.79.